The maximum Gasteiger partial charge on any atom is 0.0991 e. The molecule has 0 aliphatic heterocycles. The van der Waals surface area contributed by atoms with Crippen molar-refractivity contribution in [2.45, 2.75) is 45.6 Å². The van der Waals surface area contributed by atoms with E-state index in [-0.39, 0.29) is 0 Å². The summed E-state index contributed by atoms with van der Waals surface area (Å²) in [5.74, 6) is 0.673. The van der Waals surface area contributed by atoms with Gasteiger partial charge in [0.1, 0.15) is 0 Å². The molecule has 1 atom stereocenters. The maximum atomic E-state index is 10.4. The number of nitrogens with zero attached hydrogens (tertiary/aromatic N) is 1. The quantitative estimate of drug-likeness (QED) is 0.841. The summed E-state index contributed by atoms with van der Waals surface area (Å²) < 4.78 is 0. The van der Waals surface area contributed by atoms with Gasteiger partial charge in [-0.1, -0.05) is 32.4 Å². The molecule has 0 bridgehead atoms. The van der Waals surface area contributed by atoms with E-state index in [1.54, 1.807) is 12.1 Å². The van der Waals surface area contributed by atoms with Crippen LogP contribution in [0.4, 0.5) is 0 Å². The van der Waals surface area contributed by atoms with Crippen molar-refractivity contribution in [3.63, 3.8) is 0 Å². The van der Waals surface area contributed by atoms with Gasteiger partial charge in [-0.15, -0.1) is 0 Å². The van der Waals surface area contributed by atoms with Crippen LogP contribution in [0.3, 0.4) is 0 Å². The zero-order chi connectivity index (χ0) is 12.9. The summed E-state index contributed by atoms with van der Waals surface area (Å²) in [6, 6.07) is 9.28. The molecule has 1 aromatic carbocycles. The van der Waals surface area contributed by atoms with Crippen molar-refractivity contribution < 1.29 is 5.11 Å². The summed E-state index contributed by atoms with van der Waals surface area (Å²) in [5, 5.41) is 19.1. The van der Waals surface area contributed by atoms with Crippen LogP contribution in [0.5, 0.6) is 0 Å². The number of hydrogen-bond acceptors (Lipinski definition) is 2. The molecule has 1 rings (SSSR count). The Bertz CT molecular complexity index is 384. The highest BCUT2D eigenvalue weighted by molar-refractivity contribution is 5.33. The second kappa shape index (κ2) is 5.84. The average Bonchev–Trinajstić information content (AvgIpc) is 2.28. The minimum atomic E-state index is -0.789. The predicted molar refractivity (Wildman–Crippen MR) is 69.4 cm³/mol. The largest absolute Gasteiger partial charge is 0.385 e. The third-order valence-corrected chi connectivity index (χ3v) is 3.08. The first-order chi connectivity index (χ1) is 7.95. The molecule has 0 radical (unpaired) electrons. The van der Waals surface area contributed by atoms with E-state index < -0.39 is 5.60 Å². The van der Waals surface area contributed by atoms with Crippen molar-refractivity contribution in [1.82, 2.24) is 0 Å². The molecule has 0 aromatic heterocycles. The van der Waals surface area contributed by atoms with Gasteiger partial charge in [-0.3, -0.25) is 0 Å². The normalized spacial score (nSPS) is 14.4. The third kappa shape index (κ3) is 4.20. The molecule has 0 spiro atoms. The van der Waals surface area contributed by atoms with Gasteiger partial charge >= 0.3 is 0 Å². The van der Waals surface area contributed by atoms with Crippen molar-refractivity contribution in [3.8, 4) is 6.07 Å². The Balaban J connectivity index is 2.65. The molecule has 0 heterocycles. The van der Waals surface area contributed by atoms with Crippen LogP contribution in [0.1, 0.15) is 51.2 Å². The SMILES string of the molecule is CC(C)CCCC(C)(O)c1ccc(C#N)cc1. The van der Waals surface area contributed by atoms with E-state index >= 15 is 0 Å². The fourth-order valence-corrected chi connectivity index (χ4v) is 1.90. The average molecular weight is 231 g/mol. The van der Waals surface area contributed by atoms with Gasteiger partial charge in [0, 0.05) is 0 Å². The van der Waals surface area contributed by atoms with Gasteiger partial charge in [-0.25, -0.2) is 0 Å². The number of benzene rings is 1. The zero-order valence-corrected chi connectivity index (χ0v) is 10.9. The molecule has 1 aromatic rings. The molecule has 2 heteroatoms. The van der Waals surface area contributed by atoms with E-state index in [2.05, 4.69) is 19.9 Å². The fourth-order valence-electron chi connectivity index (χ4n) is 1.90. The van der Waals surface area contributed by atoms with Gasteiger partial charge in [0.25, 0.3) is 0 Å². The fraction of sp³-hybridized carbons (Fsp3) is 0.533. The van der Waals surface area contributed by atoms with Crippen LogP contribution in [0.25, 0.3) is 0 Å². The second-order valence-corrected chi connectivity index (χ2v) is 5.25. The van der Waals surface area contributed by atoms with Crippen LogP contribution in [-0.4, -0.2) is 5.11 Å². The van der Waals surface area contributed by atoms with Crippen molar-refractivity contribution in [3.05, 3.63) is 35.4 Å². The lowest BCUT2D eigenvalue weighted by atomic mass is 9.89. The van der Waals surface area contributed by atoms with Crippen LogP contribution in [0, 0.1) is 17.2 Å². The minimum Gasteiger partial charge on any atom is -0.385 e. The topological polar surface area (TPSA) is 44.0 Å². The standard InChI is InChI=1S/C15H21NO/c1-12(2)5-4-10-15(3,17)14-8-6-13(11-16)7-9-14/h6-9,12,17H,4-5,10H2,1-3H3. The summed E-state index contributed by atoms with van der Waals surface area (Å²) in [5.41, 5.74) is 0.732. The van der Waals surface area contributed by atoms with Crippen LogP contribution < -0.4 is 0 Å². The number of aliphatic hydroxyl groups is 1. The van der Waals surface area contributed by atoms with E-state index in [0.29, 0.717) is 11.5 Å². The Morgan fingerprint density at radius 1 is 1.29 bits per heavy atom. The molecule has 17 heavy (non-hydrogen) atoms. The van der Waals surface area contributed by atoms with Crippen LogP contribution in [0.15, 0.2) is 24.3 Å². The van der Waals surface area contributed by atoms with Gasteiger partial charge in [-0.05, 0) is 43.4 Å². The Labute approximate surface area is 104 Å². The molecule has 0 amide bonds. The summed E-state index contributed by atoms with van der Waals surface area (Å²) in [4.78, 5) is 0. The zero-order valence-electron chi connectivity index (χ0n) is 10.9. The van der Waals surface area contributed by atoms with Gasteiger partial charge in [-0.2, -0.15) is 5.26 Å². The molecule has 1 N–H and O–H groups in total. The molecule has 92 valence electrons. The molecular weight excluding hydrogens is 210 g/mol. The highest BCUT2D eigenvalue weighted by atomic mass is 16.3. The van der Waals surface area contributed by atoms with Crippen molar-refractivity contribution >= 4 is 0 Å². The van der Waals surface area contributed by atoms with Crippen molar-refractivity contribution in [1.29, 1.82) is 5.26 Å². The lowest BCUT2D eigenvalue weighted by molar-refractivity contribution is 0.0441. The van der Waals surface area contributed by atoms with Gasteiger partial charge in [0.15, 0.2) is 0 Å². The van der Waals surface area contributed by atoms with Gasteiger partial charge in [0.05, 0.1) is 17.2 Å². The lowest BCUT2D eigenvalue weighted by Crippen LogP contribution is -2.21. The highest BCUT2D eigenvalue weighted by Gasteiger charge is 2.22. The summed E-state index contributed by atoms with van der Waals surface area (Å²) >= 11 is 0. The van der Waals surface area contributed by atoms with E-state index in [1.165, 1.54) is 0 Å². The van der Waals surface area contributed by atoms with Crippen molar-refractivity contribution in [2.75, 3.05) is 0 Å². The van der Waals surface area contributed by atoms with E-state index in [1.807, 2.05) is 19.1 Å². The first kappa shape index (κ1) is 13.7. The smallest absolute Gasteiger partial charge is 0.0991 e. The lowest BCUT2D eigenvalue weighted by Gasteiger charge is -2.24. The number of nitriles is 1. The Kier molecular flexibility index (Phi) is 4.72. The minimum absolute atomic E-state index is 0.631. The molecule has 0 saturated carbocycles. The molecule has 0 saturated heterocycles. The number of hydrogen-bond donors (Lipinski definition) is 1. The predicted octanol–water partition coefficient (Wildman–Crippen LogP) is 3.59. The van der Waals surface area contributed by atoms with Gasteiger partial charge < -0.3 is 5.11 Å². The first-order valence-electron chi connectivity index (χ1n) is 6.19. The monoisotopic (exact) mass is 231 g/mol. The third-order valence-electron chi connectivity index (χ3n) is 3.08. The molecule has 2 nitrogen and oxygen atoms in total. The first-order valence-corrected chi connectivity index (χ1v) is 6.19. The van der Waals surface area contributed by atoms with E-state index in [0.717, 1.165) is 24.8 Å². The van der Waals surface area contributed by atoms with E-state index in [9.17, 15) is 5.11 Å². The maximum absolute atomic E-state index is 10.4. The van der Waals surface area contributed by atoms with Crippen LogP contribution >= 0.6 is 0 Å². The van der Waals surface area contributed by atoms with Crippen LogP contribution in [-0.2, 0) is 5.60 Å². The molecule has 0 aliphatic rings. The van der Waals surface area contributed by atoms with Crippen molar-refractivity contribution in [2.24, 2.45) is 5.92 Å². The summed E-state index contributed by atoms with van der Waals surface area (Å²) in [6.07, 6.45) is 2.91. The molecular formula is C15H21NO. The Morgan fingerprint density at radius 3 is 2.35 bits per heavy atom. The van der Waals surface area contributed by atoms with Gasteiger partial charge in [0.2, 0.25) is 0 Å². The molecule has 0 fully saturated rings. The highest BCUT2D eigenvalue weighted by Crippen LogP contribution is 2.27. The second-order valence-electron chi connectivity index (χ2n) is 5.25. The van der Waals surface area contributed by atoms with Crippen LogP contribution in [0.2, 0.25) is 0 Å². The molecule has 1 unspecified atom stereocenters. The summed E-state index contributed by atoms with van der Waals surface area (Å²) in [6.45, 7) is 6.22. The number of rotatable bonds is 5. The Morgan fingerprint density at radius 2 is 1.88 bits per heavy atom. The summed E-state index contributed by atoms with van der Waals surface area (Å²) in [7, 11) is 0. The van der Waals surface area contributed by atoms with E-state index in [4.69, 9.17) is 5.26 Å². The molecule has 0 aliphatic carbocycles. The Hall–Kier alpha value is -1.33.